The molecule has 1 heterocycles. The highest BCUT2D eigenvalue weighted by Gasteiger charge is 2.27. The molecule has 0 saturated carbocycles. The minimum absolute atomic E-state index is 0.158. The van der Waals surface area contributed by atoms with Crippen molar-refractivity contribution in [2.24, 2.45) is 0 Å². The first-order valence-corrected chi connectivity index (χ1v) is 6.45. The summed E-state index contributed by atoms with van der Waals surface area (Å²) >= 11 is 0. The van der Waals surface area contributed by atoms with Gasteiger partial charge in [0.25, 0.3) is 0 Å². The van der Waals surface area contributed by atoms with Gasteiger partial charge in [-0.2, -0.15) is 0 Å². The number of aromatic hydroxyl groups is 2. The van der Waals surface area contributed by atoms with Crippen LogP contribution in [0, 0.1) is 10.1 Å². The Kier molecular flexibility index (Phi) is 4.19. The largest absolute Gasteiger partial charge is 0.504 e. The number of likely N-dealkylation sites (tertiary alicyclic amines) is 1. The van der Waals surface area contributed by atoms with Gasteiger partial charge >= 0.3 is 5.69 Å². The molecular formula is C13H16N2O5. The van der Waals surface area contributed by atoms with Crippen molar-refractivity contribution in [3.63, 3.8) is 0 Å². The fourth-order valence-corrected chi connectivity index (χ4v) is 2.38. The molecule has 1 aromatic rings. The van der Waals surface area contributed by atoms with Crippen molar-refractivity contribution in [2.75, 3.05) is 19.6 Å². The molecule has 0 unspecified atom stereocenters. The van der Waals surface area contributed by atoms with Gasteiger partial charge in [0.1, 0.15) is 0 Å². The summed E-state index contributed by atoms with van der Waals surface area (Å²) in [5.74, 6) is -1.87. The van der Waals surface area contributed by atoms with Gasteiger partial charge in [-0.05, 0) is 38.1 Å². The van der Waals surface area contributed by atoms with Gasteiger partial charge in [-0.15, -0.1) is 0 Å². The van der Waals surface area contributed by atoms with Crippen LogP contribution in [-0.4, -0.2) is 45.5 Å². The van der Waals surface area contributed by atoms with Crippen LogP contribution in [-0.2, 0) is 0 Å². The van der Waals surface area contributed by atoms with E-state index >= 15 is 0 Å². The second-order valence-electron chi connectivity index (χ2n) is 4.81. The lowest BCUT2D eigenvalue weighted by Gasteiger charge is -2.13. The molecule has 1 aliphatic rings. The summed E-state index contributed by atoms with van der Waals surface area (Å²) in [6.45, 7) is 2.43. The van der Waals surface area contributed by atoms with E-state index in [-0.39, 0.29) is 12.0 Å². The number of benzene rings is 1. The smallest absolute Gasteiger partial charge is 0.325 e. The average Bonchev–Trinajstić information content (AvgIpc) is 2.91. The molecule has 7 heteroatoms. The third-order valence-electron chi connectivity index (χ3n) is 3.47. The molecule has 0 atom stereocenters. The predicted octanol–water partition coefficient (Wildman–Crippen LogP) is 1.67. The average molecular weight is 280 g/mol. The molecule has 2 N–H and O–H groups in total. The highest BCUT2D eigenvalue weighted by molar-refractivity contribution is 6.01. The minimum Gasteiger partial charge on any atom is -0.504 e. The maximum absolute atomic E-state index is 12.1. The van der Waals surface area contributed by atoms with Crippen LogP contribution in [0.15, 0.2) is 12.1 Å². The predicted molar refractivity (Wildman–Crippen MR) is 71.0 cm³/mol. The van der Waals surface area contributed by atoms with Crippen LogP contribution in [0.3, 0.4) is 0 Å². The number of phenolic OH excluding ortho intramolecular Hbond substituents is 2. The maximum atomic E-state index is 12.1. The zero-order chi connectivity index (χ0) is 14.7. The van der Waals surface area contributed by atoms with Gasteiger partial charge < -0.3 is 15.1 Å². The van der Waals surface area contributed by atoms with Crippen molar-refractivity contribution in [3.8, 4) is 11.5 Å². The number of carbonyl (C=O) groups is 1. The first-order valence-electron chi connectivity index (χ1n) is 6.45. The van der Waals surface area contributed by atoms with Crippen LogP contribution in [0.25, 0.3) is 0 Å². The number of Topliss-reactive ketones (excluding diaryl/α,β-unsaturated/α-hetero) is 1. The molecule has 2 rings (SSSR count). The Labute approximate surface area is 115 Å². The van der Waals surface area contributed by atoms with Crippen LogP contribution in [0.1, 0.15) is 29.6 Å². The molecule has 7 nitrogen and oxygen atoms in total. The Balaban J connectivity index is 2.16. The van der Waals surface area contributed by atoms with E-state index in [2.05, 4.69) is 4.90 Å². The van der Waals surface area contributed by atoms with E-state index in [1.54, 1.807) is 0 Å². The van der Waals surface area contributed by atoms with Crippen molar-refractivity contribution >= 4 is 11.5 Å². The second kappa shape index (κ2) is 5.87. The Hall–Kier alpha value is -2.15. The topological polar surface area (TPSA) is 104 Å². The summed E-state index contributed by atoms with van der Waals surface area (Å²) in [5.41, 5.74) is -0.888. The van der Waals surface area contributed by atoms with Gasteiger partial charge in [0, 0.05) is 13.0 Å². The summed E-state index contributed by atoms with van der Waals surface area (Å²) in [6, 6.07) is 2.27. The molecule has 0 spiro atoms. The fourth-order valence-electron chi connectivity index (χ4n) is 2.38. The zero-order valence-electron chi connectivity index (χ0n) is 10.9. The molecule has 0 aliphatic carbocycles. The molecule has 1 aromatic carbocycles. The SMILES string of the molecule is O=C(CCN1CCCC1)c1ccc(O)c(O)c1[N+](=O)[O-]. The standard InChI is InChI=1S/C13H16N2O5/c16-10(5-8-14-6-1-2-7-14)9-3-4-11(17)13(18)12(9)15(19)20/h3-4,17-18H,1-2,5-8H2. The third-order valence-corrected chi connectivity index (χ3v) is 3.47. The summed E-state index contributed by atoms with van der Waals surface area (Å²) in [7, 11) is 0. The van der Waals surface area contributed by atoms with E-state index in [0.717, 1.165) is 32.0 Å². The summed E-state index contributed by atoms with van der Waals surface area (Å²) < 4.78 is 0. The minimum atomic E-state index is -0.859. The van der Waals surface area contributed by atoms with Crippen molar-refractivity contribution in [2.45, 2.75) is 19.3 Å². The number of carbonyl (C=O) groups excluding carboxylic acids is 1. The molecule has 0 radical (unpaired) electrons. The monoisotopic (exact) mass is 280 g/mol. The van der Waals surface area contributed by atoms with Gasteiger partial charge in [0.05, 0.1) is 10.5 Å². The van der Waals surface area contributed by atoms with Crippen LogP contribution in [0.2, 0.25) is 0 Å². The summed E-state index contributed by atoms with van der Waals surface area (Å²) in [4.78, 5) is 24.3. The van der Waals surface area contributed by atoms with Gasteiger partial charge in [0.15, 0.2) is 11.5 Å². The lowest BCUT2D eigenvalue weighted by molar-refractivity contribution is -0.386. The number of phenols is 2. The molecule has 1 aliphatic heterocycles. The lowest BCUT2D eigenvalue weighted by Crippen LogP contribution is -2.22. The van der Waals surface area contributed by atoms with Crippen LogP contribution >= 0.6 is 0 Å². The van der Waals surface area contributed by atoms with E-state index in [4.69, 9.17) is 0 Å². The van der Waals surface area contributed by atoms with Gasteiger partial charge in [-0.1, -0.05) is 0 Å². The van der Waals surface area contributed by atoms with Crippen molar-refractivity contribution in [1.82, 2.24) is 4.90 Å². The molecule has 20 heavy (non-hydrogen) atoms. The molecule has 108 valence electrons. The Bertz CT molecular complexity index is 538. The van der Waals surface area contributed by atoms with Crippen LogP contribution in [0.5, 0.6) is 11.5 Å². The molecule has 0 aromatic heterocycles. The summed E-state index contributed by atoms with van der Waals surface area (Å²) in [6.07, 6.45) is 2.37. The third kappa shape index (κ3) is 2.88. The van der Waals surface area contributed by atoms with Gasteiger partial charge in [0.2, 0.25) is 5.75 Å². The van der Waals surface area contributed by atoms with Crippen molar-refractivity contribution in [3.05, 3.63) is 27.8 Å². The number of hydrogen-bond donors (Lipinski definition) is 2. The van der Waals surface area contributed by atoms with Crippen molar-refractivity contribution < 1.29 is 19.9 Å². The quantitative estimate of drug-likeness (QED) is 0.368. The molecule has 0 bridgehead atoms. The number of hydrogen-bond acceptors (Lipinski definition) is 6. The first kappa shape index (κ1) is 14.3. The summed E-state index contributed by atoms with van der Waals surface area (Å²) in [5, 5.41) is 29.7. The highest BCUT2D eigenvalue weighted by Crippen LogP contribution is 2.38. The Morgan fingerprint density at radius 3 is 2.55 bits per heavy atom. The van der Waals surface area contributed by atoms with Crippen LogP contribution in [0.4, 0.5) is 5.69 Å². The van der Waals surface area contributed by atoms with E-state index in [1.807, 2.05) is 0 Å². The van der Waals surface area contributed by atoms with E-state index < -0.39 is 27.9 Å². The normalized spacial score (nSPS) is 15.4. The highest BCUT2D eigenvalue weighted by atomic mass is 16.6. The lowest BCUT2D eigenvalue weighted by atomic mass is 10.0. The zero-order valence-corrected chi connectivity index (χ0v) is 10.9. The van der Waals surface area contributed by atoms with E-state index in [1.165, 1.54) is 6.07 Å². The van der Waals surface area contributed by atoms with Crippen molar-refractivity contribution in [1.29, 1.82) is 0 Å². The molecular weight excluding hydrogens is 264 g/mol. The number of nitro groups is 1. The van der Waals surface area contributed by atoms with E-state index in [0.29, 0.717) is 6.54 Å². The van der Waals surface area contributed by atoms with E-state index in [9.17, 15) is 25.1 Å². The van der Waals surface area contributed by atoms with Crippen LogP contribution < -0.4 is 0 Å². The van der Waals surface area contributed by atoms with Gasteiger partial charge in [-0.25, -0.2) is 0 Å². The Morgan fingerprint density at radius 2 is 1.95 bits per heavy atom. The molecule has 1 saturated heterocycles. The molecule has 1 fully saturated rings. The fraction of sp³-hybridized carbons (Fsp3) is 0.462. The molecule has 0 amide bonds. The number of ketones is 1. The maximum Gasteiger partial charge on any atom is 0.325 e. The Morgan fingerprint density at radius 1 is 1.30 bits per heavy atom. The second-order valence-corrected chi connectivity index (χ2v) is 4.81. The first-order chi connectivity index (χ1) is 9.50. The number of rotatable bonds is 5. The number of nitro benzene ring substituents is 1. The van der Waals surface area contributed by atoms with Gasteiger partial charge in [-0.3, -0.25) is 14.9 Å². The number of nitrogens with zero attached hydrogens (tertiary/aromatic N) is 2.